The maximum absolute atomic E-state index is 14.5. The molecule has 324 valence electrons. The van der Waals surface area contributed by atoms with Crippen molar-refractivity contribution in [3.8, 4) is 22.6 Å². The number of hydroxylamine groups is 1. The summed E-state index contributed by atoms with van der Waals surface area (Å²) in [5, 5.41) is 39.1. The van der Waals surface area contributed by atoms with E-state index in [0.717, 1.165) is 27.1 Å². The molecular formula is C54H40N4O8. The van der Waals surface area contributed by atoms with Crippen LogP contribution in [0.25, 0.3) is 54.2 Å². The minimum Gasteiger partial charge on any atom is -0.506 e. The van der Waals surface area contributed by atoms with Crippen LogP contribution in [-0.4, -0.2) is 27.9 Å². The van der Waals surface area contributed by atoms with Gasteiger partial charge in [-0.25, -0.2) is 0 Å². The largest absolute Gasteiger partial charge is 0.506 e. The molecule has 0 fully saturated rings. The van der Waals surface area contributed by atoms with Crippen molar-refractivity contribution in [3.05, 3.63) is 204 Å². The third-order valence-corrected chi connectivity index (χ3v) is 11.5. The van der Waals surface area contributed by atoms with Gasteiger partial charge in [0, 0.05) is 38.8 Å². The maximum atomic E-state index is 14.5. The van der Waals surface area contributed by atoms with Crippen LogP contribution in [0, 0.1) is 0 Å². The van der Waals surface area contributed by atoms with E-state index in [9.17, 15) is 24.6 Å². The first-order valence-electron chi connectivity index (χ1n) is 21.1. The summed E-state index contributed by atoms with van der Waals surface area (Å²) in [5.74, 6) is -1.29. The molecule has 0 radical (unpaired) electrons. The van der Waals surface area contributed by atoms with E-state index in [-0.39, 0.29) is 41.0 Å². The average Bonchev–Trinajstić information content (AvgIpc) is 4.08. The Morgan fingerprint density at radius 3 is 1.59 bits per heavy atom. The lowest BCUT2D eigenvalue weighted by Crippen LogP contribution is -2.22. The number of aromatic hydroxyl groups is 2. The number of hydrogen-bond donors (Lipinski definition) is 6. The number of amides is 3. The van der Waals surface area contributed by atoms with E-state index in [1.807, 2.05) is 91.0 Å². The molecule has 10 aromatic rings. The van der Waals surface area contributed by atoms with Crippen LogP contribution in [0.15, 0.2) is 179 Å². The zero-order valence-corrected chi connectivity index (χ0v) is 35.1. The van der Waals surface area contributed by atoms with Crippen LogP contribution >= 0.6 is 0 Å². The number of nitrogens with one attached hydrogen (secondary N) is 4. The minimum atomic E-state index is -0.644. The van der Waals surface area contributed by atoms with Crippen LogP contribution in [0.1, 0.15) is 48.2 Å². The van der Waals surface area contributed by atoms with Gasteiger partial charge < -0.3 is 35.0 Å². The van der Waals surface area contributed by atoms with Crippen LogP contribution in [0.3, 0.4) is 0 Å². The number of anilines is 2. The van der Waals surface area contributed by atoms with Crippen molar-refractivity contribution in [2.75, 3.05) is 10.6 Å². The van der Waals surface area contributed by atoms with Crippen molar-refractivity contribution >= 4 is 72.2 Å². The molecular weight excluding hydrogens is 833 g/mol. The van der Waals surface area contributed by atoms with Gasteiger partial charge in [0.25, 0.3) is 17.7 Å². The summed E-state index contributed by atoms with van der Waals surface area (Å²) in [4.78, 5) is 48.4. The molecule has 0 bridgehead atoms. The van der Waals surface area contributed by atoms with E-state index in [0.29, 0.717) is 51.0 Å². The molecule has 10 rings (SSSR count). The van der Waals surface area contributed by atoms with Crippen molar-refractivity contribution in [2.24, 2.45) is 0 Å². The number of fused-ring (bicyclic) bond motifs is 4. The highest BCUT2D eigenvalue weighted by atomic mass is 16.6. The van der Waals surface area contributed by atoms with Gasteiger partial charge in [-0.3, -0.25) is 19.2 Å². The van der Waals surface area contributed by atoms with Crippen LogP contribution in [-0.2, 0) is 24.5 Å². The number of hydrogen-bond acceptors (Lipinski definition) is 9. The fraction of sp³-hybridized carbons (Fsp3) is 0.0556. The molecule has 0 saturated heterocycles. The Hall–Kier alpha value is -8.71. The summed E-state index contributed by atoms with van der Waals surface area (Å²) in [6, 6.07) is 46.8. The van der Waals surface area contributed by atoms with Crippen LogP contribution in [0.2, 0.25) is 0 Å². The van der Waals surface area contributed by atoms with Gasteiger partial charge >= 0.3 is 0 Å². The lowest BCUT2D eigenvalue weighted by molar-refractivity contribution is 0.0202. The third kappa shape index (κ3) is 8.16. The number of phenolic OH excluding ortho intramolecular Hbond substituents is 2. The lowest BCUT2D eigenvalue weighted by atomic mass is 9.87. The van der Waals surface area contributed by atoms with Crippen molar-refractivity contribution in [1.82, 2.24) is 10.8 Å². The number of furan rings is 2. The first-order valence-corrected chi connectivity index (χ1v) is 21.1. The monoisotopic (exact) mass is 872 g/mol. The second-order valence-electron chi connectivity index (χ2n) is 15.7. The normalized spacial score (nSPS) is 11.3. The maximum Gasteiger partial charge on any atom is 0.259 e. The molecule has 0 aliphatic carbocycles. The smallest absolute Gasteiger partial charge is 0.259 e. The first kappa shape index (κ1) is 41.3. The molecule has 0 saturated carbocycles. The topological polar surface area (TPSA) is 175 Å². The summed E-state index contributed by atoms with van der Waals surface area (Å²) >= 11 is 0. The van der Waals surface area contributed by atoms with Gasteiger partial charge in [0.2, 0.25) is 0 Å². The van der Waals surface area contributed by atoms with E-state index >= 15 is 0 Å². The predicted molar refractivity (Wildman–Crippen MR) is 254 cm³/mol. The van der Waals surface area contributed by atoms with Crippen molar-refractivity contribution in [1.29, 1.82) is 0 Å². The fourth-order valence-corrected chi connectivity index (χ4v) is 8.33. The molecule has 66 heavy (non-hydrogen) atoms. The number of rotatable bonds is 13. The highest BCUT2D eigenvalue weighted by Gasteiger charge is 2.27. The van der Waals surface area contributed by atoms with Gasteiger partial charge in [0.1, 0.15) is 23.0 Å². The van der Waals surface area contributed by atoms with Crippen molar-refractivity contribution < 1.29 is 38.3 Å². The molecule has 2 heterocycles. The van der Waals surface area contributed by atoms with Crippen molar-refractivity contribution in [2.45, 2.75) is 19.7 Å². The Morgan fingerprint density at radius 1 is 0.485 bits per heavy atom. The molecule has 6 N–H and O–H groups in total. The third-order valence-electron chi connectivity index (χ3n) is 11.5. The number of phenols is 2. The molecule has 0 spiro atoms. The second-order valence-corrected chi connectivity index (χ2v) is 15.7. The summed E-state index contributed by atoms with van der Waals surface area (Å²) in [5.41, 5.74) is 4.89. The average molecular weight is 873 g/mol. The number of benzene rings is 8. The van der Waals surface area contributed by atoms with Crippen LogP contribution in [0.4, 0.5) is 11.4 Å². The second kappa shape index (κ2) is 17.8. The van der Waals surface area contributed by atoms with E-state index in [1.54, 1.807) is 66.9 Å². The Kier molecular flexibility index (Phi) is 11.1. The quantitative estimate of drug-likeness (QED) is 0.0486. The number of carbonyl (C=O) groups excluding carboxylic acids is 3. The molecule has 0 aliphatic heterocycles. The molecule has 3 amide bonds. The summed E-state index contributed by atoms with van der Waals surface area (Å²) < 4.78 is 10.8. The van der Waals surface area contributed by atoms with Gasteiger partial charge in [-0.15, -0.1) is 0 Å². The Labute approximate surface area is 377 Å². The SMILES string of the molecule is O=C(NCc1ccco1)c1ccc2c(-c3c(O)c(C(=O)Nc4cccc5ccccc45)cc4cc(CONCc5ccco5)ccc34)c(O)c(C(=O)Nc3cccc4ccccc34)cc2c1. The summed E-state index contributed by atoms with van der Waals surface area (Å²) in [6.07, 6.45) is 3.10. The Morgan fingerprint density at radius 2 is 1.02 bits per heavy atom. The Bertz CT molecular complexity index is 3460. The van der Waals surface area contributed by atoms with E-state index in [2.05, 4.69) is 21.4 Å². The Balaban J connectivity index is 1.13. The van der Waals surface area contributed by atoms with Gasteiger partial charge in [0.05, 0.1) is 43.3 Å². The van der Waals surface area contributed by atoms with Crippen molar-refractivity contribution in [3.63, 3.8) is 0 Å². The van der Waals surface area contributed by atoms with Gasteiger partial charge in [0.15, 0.2) is 0 Å². The molecule has 0 unspecified atom stereocenters. The molecule has 2 aromatic heterocycles. The lowest BCUT2D eigenvalue weighted by Gasteiger charge is -2.20. The fourth-order valence-electron chi connectivity index (χ4n) is 8.33. The van der Waals surface area contributed by atoms with Gasteiger partial charge in [-0.1, -0.05) is 91.0 Å². The molecule has 8 aromatic carbocycles. The minimum absolute atomic E-state index is 0.0736. The molecule has 12 nitrogen and oxygen atoms in total. The molecule has 0 atom stereocenters. The highest BCUT2D eigenvalue weighted by molar-refractivity contribution is 6.21. The van der Waals surface area contributed by atoms with Gasteiger partial charge in [-0.05, 0) is 105 Å². The summed E-state index contributed by atoms with van der Waals surface area (Å²) in [6.45, 7) is 0.609. The number of carbonyl (C=O) groups is 3. The van der Waals surface area contributed by atoms with E-state index < -0.39 is 29.2 Å². The first-order chi connectivity index (χ1) is 32.3. The molecule has 12 heteroatoms. The van der Waals surface area contributed by atoms with E-state index in [1.165, 1.54) is 12.3 Å². The predicted octanol–water partition coefficient (Wildman–Crippen LogP) is 11.2. The van der Waals surface area contributed by atoms with E-state index in [4.69, 9.17) is 13.7 Å². The van der Waals surface area contributed by atoms with Gasteiger partial charge in [-0.2, -0.15) is 5.48 Å². The zero-order valence-electron chi connectivity index (χ0n) is 35.1. The zero-order chi connectivity index (χ0) is 45.1. The summed E-state index contributed by atoms with van der Waals surface area (Å²) in [7, 11) is 0. The standard InChI is InChI=1S/C54H40N4O8/c59-50-44(53(62)57-46-17-5-11-33-9-1-3-15-40(33)46)27-36-25-32(31-66-56-30-39-14-8-24-65-39)19-21-42(36)48(50)49-43-22-20-35(52(61)55-29-38-13-7-23-64-38)26-37(43)28-45(51(49)60)54(63)58-47-18-6-12-34-10-2-4-16-41(34)47/h1-28,56,59-60H,29-31H2,(H,55,61)(H,57,62)(H,58,63). The van der Waals surface area contributed by atoms with Crippen LogP contribution < -0.4 is 21.4 Å². The molecule has 0 aliphatic rings. The van der Waals surface area contributed by atoms with Crippen LogP contribution in [0.5, 0.6) is 11.5 Å². The highest BCUT2D eigenvalue weighted by Crippen LogP contribution is 2.48.